The van der Waals surface area contributed by atoms with Crippen molar-refractivity contribution in [1.82, 2.24) is 0 Å². The van der Waals surface area contributed by atoms with E-state index in [2.05, 4.69) is 19.5 Å². The lowest BCUT2D eigenvalue weighted by Gasteiger charge is -2.13. The highest BCUT2D eigenvalue weighted by Gasteiger charge is 2.21. The largest absolute Gasteiger partial charge is 0.612 e. The van der Waals surface area contributed by atoms with E-state index in [0.717, 1.165) is 0 Å². The predicted octanol–water partition coefficient (Wildman–Crippen LogP) is -1.12. The summed E-state index contributed by atoms with van der Waals surface area (Å²) in [5.74, 6) is -1.79. The van der Waals surface area contributed by atoms with E-state index in [4.69, 9.17) is 5.73 Å². The average molecular weight is 226 g/mol. The van der Waals surface area contributed by atoms with Crippen LogP contribution in [-0.2, 0) is 14.3 Å². The van der Waals surface area contributed by atoms with Crippen molar-refractivity contribution < 1.29 is 19.4 Å². The van der Waals surface area contributed by atoms with Crippen molar-refractivity contribution in [3.63, 3.8) is 0 Å². The third kappa shape index (κ3) is 2.50. The second-order valence-electron chi connectivity index (χ2n) is 2.72. The van der Waals surface area contributed by atoms with Gasteiger partial charge in [0.25, 0.3) is 0 Å². The van der Waals surface area contributed by atoms with Crippen LogP contribution in [-0.4, -0.2) is 30.9 Å². The molecule has 0 saturated carbocycles. The number of amidine groups is 2. The van der Waals surface area contributed by atoms with Crippen LogP contribution in [0.15, 0.2) is 21.6 Å². The first kappa shape index (κ1) is 12.0. The van der Waals surface area contributed by atoms with Gasteiger partial charge in [0.15, 0.2) is 5.84 Å². The van der Waals surface area contributed by atoms with Gasteiger partial charge >= 0.3 is 5.97 Å². The fraction of sp³-hybridized carbons (Fsp3) is 0.444. The highest BCUT2D eigenvalue weighted by atomic mass is 16.6. The normalized spacial score (nSPS) is 17.6. The minimum atomic E-state index is -0.718. The van der Waals surface area contributed by atoms with Gasteiger partial charge in [0.1, 0.15) is 5.70 Å². The number of ether oxygens (including phenoxy) is 2. The SMILES string of the molecule is CCOC(=O)C1=NC(=C([O-])OCC)C(N)=N1. The van der Waals surface area contributed by atoms with E-state index in [1.165, 1.54) is 0 Å². The molecule has 0 aromatic carbocycles. The second-order valence-corrected chi connectivity index (χ2v) is 2.72. The van der Waals surface area contributed by atoms with Crippen LogP contribution in [0.25, 0.3) is 0 Å². The highest BCUT2D eigenvalue weighted by molar-refractivity contribution is 6.40. The number of nitrogens with zero attached hydrogens (tertiary/aromatic N) is 2. The first-order valence-electron chi connectivity index (χ1n) is 4.74. The Balaban J connectivity index is 2.91. The Morgan fingerprint density at radius 2 is 1.94 bits per heavy atom. The molecule has 1 aliphatic rings. The van der Waals surface area contributed by atoms with Crippen LogP contribution in [0.3, 0.4) is 0 Å². The first-order chi connectivity index (χ1) is 7.60. The number of rotatable bonds is 4. The molecule has 0 saturated heterocycles. The molecule has 0 aliphatic carbocycles. The number of nitrogens with two attached hydrogens (primary N) is 1. The second kappa shape index (κ2) is 5.15. The summed E-state index contributed by atoms with van der Waals surface area (Å²) in [5.41, 5.74) is 5.26. The molecule has 7 heteroatoms. The fourth-order valence-corrected chi connectivity index (χ4v) is 0.992. The summed E-state index contributed by atoms with van der Waals surface area (Å²) in [5, 5.41) is 11.3. The highest BCUT2D eigenvalue weighted by Crippen LogP contribution is 2.11. The standard InChI is InChI=1S/C9H13N3O4/c1-3-15-8(13)5-6(10)12-7(11-5)9(14)16-4-2/h13H,3-4H2,1-2H3,(H2,10,11,12)/p-1. The molecule has 2 N–H and O–H groups in total. The van der Waals surface area contributed by atoms with Crippen LogP contribution in [0.2, 0.25) is 0 Å². The lowest BCUT2D eigenvalue weighted by molar-refractivity contribution is -0.357. The summed E-state index contributed by atoms with van der Waals surface area (Å²) < 4.78 is 9.35. The van der Waals surface area contributed by atoms with Gasteiger partial charge in [0, 0.05) is 0 Å². The van der Waals surface area contributed by atoms with Gasteiger partial charge in [-0.25, -0.2) is 14.8 Å². The summed E-state index contributed by atoms with van der Waals surface area (Å²) in [7, 11) is 0. The zero-order chi connectivity index (χ0) is 12.1. The third-order valence-electron chi connectivity index (χ3n) is 1.61. The quantitative estimate of drug-likeness (QED) is 0.482. The molecular formula is C9H12N3O4-. The maximum atomic E-state index is 11.3. The molecule has 0 aromatic heterocycles. The number of aliphatic imine (C=N–C) groups is 2. The molecule has 0 aromatic rings. The molecule has 0 atom stereocenters. The van der Waals surface area contributed by atoms with Crippen molar-refractivity contribution in [2.45, 2.75) is 13.8 Å². The maximum Gasteiger partial charge on any atom is 0.376 e. The minimum absolute atomic E-state index is 0.137. The summed E-state index contributed by atoms with van der Waals surface area (Å²) in [6.45, 7) is 3.69. The van der Waals surface area contributed by atoms with Crippen LogP contribution >= 0.6 is 0 Å². The molecule has 0 unspecified atom stereocenters. The molecule has 0 bridgehead atoms. The smallest absolute Gasteiger partial charge is 0.376 e. The number of hydrogen-bond acceptors (Lipinski definition) is 7. The van der Waals surface area contributed by atoms with Crippen molar-refractivity contribution in [2.75, 3.05) is 13.2 Å². The van der Waals surface area contributed by atoms with E-state index >= 15 is 0 Å². The van der Waals surface area contributed by atoms with Crippen molar-refractivity contribution >= 4 is 17.6 Å². The van der Waals surface area contributed by atoms with Crippen LogP contribution in [0.1, 0.15) is 13.8 Å². The zero-order valence-corrected chi connectivity index (χ0v) is 9.02. The van der Waals surface area contributed by atoms with Gasteiger partial charge in [-0.15, -0.1) is 0 Å². The van der Waals surface area contributed by atoms with E-state index in [0.29, 0.717) is 0 Å². The van der Waals surface area contributed by atoms with E-state index in [1.54, 1.807) is 13.8 Å². The predicted molar refractivity (Wildman–Crippen MR) is 54.3 cm³/mol. The molecule has 0 radical (unpaired) electrons. The summed E-state index contributed by atoms with van der Waals surface area (Å²) in [6, 6.07) is 0. The monoisotopic (exact) mass is 226 g/mol. The van der Waals surface area contributed by atoms with Crippen LogP contribution in [0.5, 0.6) is 0 Å². The number of esters is 1. The Morgan fingerprint density at radius 1 is 1.31 bits per heavy atom. The van der Waals surface area contributed by atoms with Crippen molar-refractivity contribution in [3.05, 3.63) is 11.6 Å². The lowest BCUT2D eigenvalue weighted by atomic mass is 10.4. The van der Waals surface area contributed by atoms with Crippen molar-refractivity contribution in [1.29, 1.82) is 0 Å². The topological polar surface area (TPSA) is 109 Å². The van der Waals surface area contributed by atoms with Crippen molar-refractivity contribution in [2.24, 2.45) is 15.7 Å². The summed E-state index contributed by atoms with van der Waals surface area (Å²) in [6.07, 6.45) is 0. The first-order valence-corrected chi connectivity index (χ1v) is 4.74. The molecule has 0 spiro atoms. The molecule has 0 amide bonds. The minimum Gasteiger partial charge on any atom is -0.612 e. The molecular weight excluding hydrogens is 214 g/mol. The van der Waals surface area contributed by atoms with Gasteiger partial charge in [0.2, 0.25) is 5.84 Å². The number of carbonyl (C=O) groups excluding carboxylic acids is 1. The van der Waals surface area contributed by atoms with Crippen molar-refractivity contribution in [3.8, 4) is 0 Å². The summed E-state index contributed by atoms with van der Waals surface area (Å²) in [4.78, 5) is 18.5. The van der Waals surface area contributed by atoms with Crippen LogP contribution in [0.4, 0.5) is 0 Å². The van der Waals surface area contributed by atoms with E-state index < -0.39 is 11.9 Å². The number of hydrogen-bond donors (Lipinski definition) is 1. The zero-order valence-electron chi connectivity index (χ0n) is 9.02. The molecule has 0 fully saturated rings. The van der Waals surface area contributed by atoms with Gasteiger partial charge in [-0.05, 0) is 13.5 Å². The fourth-order valence-electron chi connectivity index (χ4n) is 0.992. The van der Waals surface area contributed by atoms with Gasteiger partial charge in [-0.3, -0.25) is 0 Å². The molecule has 16 heavy (non-hydrogen) atoms. The van der Waals surface area contributed by atoms with Gasteiger partial charge < -0.3 is 20.3 Å². The van der Waals surface area contributed by atoms with Gasteiger partial charge in [-0.2, -0.15) is 0 Å². The molecule has 1 aliphatic heterocycles. The Morgan fingerprint density at radius 3 is 2.50 bits per heavy atom. The molecule has 1 heterocycles. The van der Waals surface area contributed by atoms with E-state index in [9.17, 15) is 9.90 Å². The van der Waals surface area contributed by atoms with Crippen LogP contribution in [0, 0.1) is 0 Å². The summed E-state index contributed by atoms with van der Waals surface area (Å²) >= 11 is 0. The Bertz CT molecular complexity index is 384. The Labute approximate surface area is 92.3 Å². The molecule has 1 rings (SSSR count). The Hall–Kier alpha value is -2.05. The average Bonchev–Trinajstić information content (AvgIpc) is 2.61. The molecule has 88 valence electrons. The molecule has 7 nitrogen and oxygen atoms in total. The van der Waals surface area contributed by atoms with E-state index in [-0.39, 0.29) is 30.6 Å². The van der Waals surface area contributed by atoms with E-state index in [1.807, 2.05) is 0 Å². The third-order valence-corrected chi connectivity index (χ3v) is 1.61. The maximum absolute atomic E-state index is 11.3. The Kier molecular flexibility index (Phi) is 3.87. The number of carbonyl (C=O) groups is 1. The van der Waals surface area contributed by atoms with Crippen LogP contribution < -0.4 is 10.8 Å². The lowest BCUT2D eigenvalue weighted by Crippen LogP contribution is -2.19. The van der Waals surface area contributed by atoms with Gasteiger partial charge in [0.05, 0.1) is 12.6 Å². The van der Waals surface area contributed by atoms with Gasteiger partial charge in [-0.1, -0.05) is 6.92 Å².